The van der Waals surface area contributed by atoms with Crippen LogP contribution in [0, 0.1) is 11.8 Å². The van der Waals surface area contributed by atoms with E-state index in [2.05, 4.69) is 6.58 Å². The van der Waals surface area contributed by atoms with Crippen molar-refractivity contribution < 1.29 is 24.6 Å². The van der Waals surface area contributed by atoms with Crippen LogP contribution >= 0.6 is 11.8 Å². The van der Waals surface area contributed by atoms with Crippen molar-refractivity contribution in [3.8, 4) is 0 Å². The van der Waals surface area contributed by atoms with Gasteiger partial charge in [-0.05, 0) is 33.6 Å². The van der Waals surface area contributed by atoms with Crippen LogP contribution in [-0.4, -0.2) is 79.1 Å². The van der Waals surface area contributed by atoms with E-state index in [1.807, 2.05) is 13.8 Å². The van der Waals surface area contributed by atoms with Gasteiger partial charge in [0.25, 0.3) is 0 Å². The lowest BCUT2D eigenvalue weighted by atomic mass is 9.71. The summed E-state index contributed by atoms with van der Waals surface area (Å²) in [6.45, 7) is 9.34. The highest BCUT2D eigenvalue weighted by molar-refractivity contribution is 8.02. The fourth-order valence-electron chi connectivity index (χ4n) is 5.07. The number of amides is 2. The molecule has 8 heteroatoms. The number of aliphatic carboxylic acids is 1. The van der Waals surface area contributed by atoms with Crippen LogP contribution in [0.15, 0.2) is 12.7 Å². The van der Waals surface area contributed by atoms with Gasteiger partial charge in [-0.3, -0.25) is 14.4 Å². The number of aliphatic hydroxyl groups is 1. The lowest BCUT2D eigenvalue weighted by molar-refractivity contribution is -0.149. The highest BCUT2D eigenvalue weighted by atomic mass is 32.2. The van der Waals surface area contributed by atoms with E-state index in [0.29, 0.717) is 19.4 Å². The molecule has 3 rings (SSSR count). The minimum Gasteiger partial charge on any atom is -0.481 e. The molecular formula is C19H28N2O5S. The fraction of sp³-hybridized carbons (Fsp3) is 0.737. The molecular weight excluding hydrogens is 368 g/mol. The maximum absolute atomic E-state index is 13.6. The molecule has 7 nitrogen and oxygen atoms in total. The van der Waals surface area contributed by atoms with Crippen LogP contribution < -0.4 is 0 Å². The third kappa shape index (κ3) is 2.79. The Kier molecular flexibility index (Phi) is 5.33. The maximum atomic E-state index is 13.6. The molecule has 0 aliphatic carbocycles. The minimum atomic E-state index is -0.969. The second kappa shape index (κ2) is 7.13. The summed E-state index contributed by atoms with van der Waals surface area (Å²) in [6, 6.07) is -1.37. The Morgan fingerprint density at radius 3 is 2.63 bits per heavy atom. The molecule has 3 aliphatic rings. The largest absolute Gasteiger partial charge is 0.481 e. The molecule has 6 atom stereocenters. The first-order valence-electron chi connectivity index (χ1n) is 9.46. The second-order valence-electron chi connectivity index (χ2n) is 8.04. The molecule has 0 aromatic rings. The molecule has 2 bridgehead atoms. The van der Waals surface area contributed by atoms with E-state index in [9.17, 15) is 24.6 Å². The normalized spacial score (nSPS) is 35.4. The molecule has 0 radical (unpaired) electrons. The van der Waals surface area contributed by atoms with E-state index in [0.717, 1.165) is 0 Å². The Morgan fingerprint density at radius 2 is 2.11 bits per heavy atom. The van der Waals surface area contributed by atoms with E-state index in [1.165, 1.54) is 16.7 Å². The van der Waals surface area contributed by atoms with Crippen LogP contribution in [-0.2, 0) is 14.4 Å². The molecule has 2 N–H and O–H groups in total. The maximum Gasteiger partial charge on any atom is 0.308 e. The SMILES string of the molecule is C=CCN(C(=O)C1N([C@H](C)CO)C(=O)[C@@H]2[C@H](C(=O)O)[C@@H]3CCC12S3)C(C)C. The second-order valence-corrected chi connectivity index (χ2v) is 9.65. The number of carboxylic acid groups (broad SMARTS) is 1. The summed E-state index contributed by atoms with van der Waals surface area (Å²) in [7, 11) is 0. The Bertz CT molecular complexity index is 668. The predicted octanol–water partition coefficient (Wildman–Crippen LogP) is 0.966. The van der Waals surface area contributed by atoms with Crippen molar-refractivity contribution in [3.05, 3.63) is 12.7 Å². The lowest BCUT2D eigenvalue weighted by Gasteiger charge is -2.40. The number of hydrogen-bond donors (Lipinski definition) is 2. The van der Waals surface area contributed by atoms with Gasteiger partial charge in [0, 0.05) is 17.8 Å². The van der Waals surface area contributed by atoms with Gasteiger partial charge in [-0.1, -0.05) is 6.08 Å². The van der Waals surface area contributed by atoms with Gasteiger partial charge in [0.15, 0.2) is 0 Å². The first kappa shape index (κ1) is 20.2. The van der Waals surface area contributed by atoms with Gasteiger partial charge in [-0.15, -0.1) is 18.3 Å². The zero-order valence-electron chi connectivity index (χ0n) is 16.0. The zero-order chi connectivity index (χ0) is 20.1. The zero-order valence-corrected chi connectivity index (χ0v) is 16.8. The molecule has 0 saturated carbocycles. The van der Waals surface area contributed by atoms with Crippen LogP contribution in [0.2, 0.25) is 0 Å². The van der Waals surface area contributed by atoms with Gasteiger partial charge in [0.2, 0.25) is 11.8 Å². The molecule has 27 heavy (non-hydrogen) atoms. The smallest absolute Gasteiger partial charge is 0.308 e. The fourth-order valence-corrected chi connectivity index (χ4v) is 7.26. The van der Waals surface area contributed by atoms with Crippen molar-refractivity contribution in [2.75, 3.05) is 13.2 Å². The Hall–Kier alpha value is -1.54. The molecule has 2 unspecified atom stereocenters. The summed E-state index contributed by atoms with van der Waals surface area (Å²) >= 11 is 1.51. The summed E-state index contributed by atoms with van der Waals surface area (Å²) in [5, 5.41) is 19.3. The molecule has 2 amide bonds. The predicted molar refractivity (Wildman–Crippen MR) is 102 cm³/mol. The van der Waals surface area contributed by atoms with E-state index in [4.69, 9.17) is 0 Å². The number of nitrogens with zero attached hydrogens (tertiary/aromatic N) is 2. The number of thioether (sulfide) groups is 1. The molecule has 1 spiro atoms. The molecule has 3 fully saturated rings. The Morgan fingerprint density at radius 1 is 1.44 bits per heavy atom. The van der Waals surface area contributed by atoms with E-state index in [-0.39, 0.29) is 29.7 Å². The van der Waals surface area contributed by atoms with Crippen molar-refractivity contribution >= 4 is 29.5 Å². The van der Waals surface area contributed by atoms with Crippen molar-refractivity contribution in [3.63, 3.8) is 0 Å². The number of carbonyl (C=O) groups is 3. The standard InChI is InChI=1S/C19H28N2O5S/c1-5-8-20(10(2)3)17(24)15-19-7-6-12(27-19)13(18(25)26)14(19)16(23)21(15)11(4)9-22/h5,10-15,22H,1,6-9H2,2-4H3,(H,25,26)/t11-,12+,13-,14+,15?,19?/m1/s1. The number of fused-ring (bicyclic) bond motifs is 1. The van der Waals surface area contributed by atoms with Crippen LogP contribution in [0.1, 0.15) is 33.6 Å². The van der Waals surface area contributed by atoms with Crippen molar-refractivity contribution in [1.82, 2.24) is 9.80 Å². The summed E-state index contributed by atoms with van der Waals surface area (Å²) in [5.74, 6) is -2.93. The van der Waals surface area contributed by atoms with Gasteiger partial charge in [-0.25, -0.2) is 0 Å². The van der Waals surface area contributed by atoms with Crippen LogP contribution in [0.25, 0.3) is 0 Å². The number of likely N-dealkylation sites (tertiary alicyclic amines) is 1. The average molecular weight is 397 g/mol. The van der Waals surface area contributed by atoms with Gasteiger partial charge < -0.3 is 20.0 Å². The molecule has 3 heterocycles. The molecule has 0 aromatic carbocycles. The topological polar surface area (TPSA) is 98.2 Å². The third-order valence-corrected chi connectivity index (χ3v) is 8.18. The number of carboxylic acids is 1. The number of aliphatic hydroxyl groups excluding tert-OH is 1. The lowest BCUT2D eigenvalue weighted by Crippen LogP contribution is -2.58. The summed E-state index contributed by atoms with van der Waals surface area (Å²) in [6.07, 6.45) is 3.00. The van der Waals surface area contributed by atoms with Gasteiger partial charge in [0.1, 0.15) is 6.04 Å². The van der Waals surface area contributed by atoms with Gasteiger partial charge in [-0.2, -0.15) is 0 Å². The highest BCUT2D eigenvalue weighted by Gasteiger charge is 2.74. The monoisotopic (exact) mass is 396 g/mol. The summed E-state index contributed by atoms with van der Waals surface area (Å²) in [4.78, 5) is 41.9. The van der Waals surface area contributed by atoms with Gasteiger partial charge >= 0.3 is 5.97 Å². The minimum absolute atomic E-state index is 0.0776. The van der Waals surface area contributed by atoms with Crippen molar-refractivity contribution in [1.29, 1.82) is 0 Å². The van der Waals surface area contributed by atoms with Gasteiger partial charge in [0.05, 0.1) is 29.2 Å². The van der Waals surface area contributed by atoms with Crippen molar-refractivity contribution in [2.45, 2.75) is 61.7 Å². The Balaban J connectivity index is 2.09. The number of carbonyl (C=O) groups excluding carboxylic acids is 2. The van der Waals surface area contributed by atoms with E-state index < -0.39 is 34.6 Å². The van der Waals surface area contributed by atoms with Crippen LogP contribution in [0.4, 0.5) is 0 Å². The van der Waals surface area contributed by atoms with Crippen molar-refractivity contribution in [2.24, 2.45) is 11.8 Å². The third-order valence-electron chi connectivity index (χ3n) is 6.23. The average Bonchev–Trinajstić information content (AvgIpc) is 3.25. The van der Waals surface area contributed by atoms with Crippen LogP contribution in [0.3, 0.4) is 0 Å². The number of hydrogen-bond acceptors (Lipinski definition) is 5. The quantitative estimate of drug-likeness (QED) is 0.622. The summed E-state index contributed by atoms with van der Waals surface area (Å²) < 4.78 is -0.723. The molecule has 0 aromatic heterocycles. The highest BCUT2D eigenvalue weighted by Crippen LogP contribution is 2.66. The first-order chi connectivity index (χ1) is 12.7. The molecule has 3 aliphatic heterocycles. The van der Waals surface area contributed by atoms with E-state index in [1.54, 1.807) is 17.9 Å². The summed E-state index contributed by atoms with van der Waals surface area (Å²) in [5.41, 5.74) is 0. The molecule has 3 saturated heterocycles. The van der Waals surface area contributed by atoms with E-state index >= 15 is 0 Å². The van der Waals surface area contributed by atoms with Crippen LogP contribution in [0.5, 0.6) is 0 Å². The Labute approximate surface area is 163 Å². The first-order valence-corrected chi connectivity index (χ1v) is 10.3. The number of rotatable bonds is 7. The molecule has 150 valence electrons.